The van der Waals surface area contributed by atoms with Crippen LogP contribution in [0.15, 0.2) is 0 Å². The molecule has 0 spiro atoms. The van der Waals surface area contributed by atoms with Crippen LogP contribution in [0.2, 0.25) is 0 Å². The first kappa shape index (κ1) is 18.7. The van der Waals surface area contributed by atoms with E-state index in [1.54, 1.807) is 0 Å². The van der Waals surface area contributed by atoms with Crippen LogP contribution in [-0.4, -0.2) is 41.4 Å². The zero-order valence-electron chi connectivity index (χ0n) is 12.5. The van der Waals surface area contributed by atoms with Gasteiger partial charge in [0.25, 0.3) is 0 Å². The molecule has 2 unspecified atom stereocenters. The van der Waals surface area contributed by atoms with Crippen LogP contribution >= 0.6 is 0 Å². The van der Waals surface area contributed by atoms with Gasteiger partial charge in [0.05, 0.1) is 12.5 Å². The number of halogens is 3. The quantitative estimate of drug-likeness (QED) is 0.736. The molecular weight excluding hydrogens is 303 g/mol. The number of carbonyl (C=O) groups is 2. The topological polar surface area (TPSA) is 75.6 Å². The highest BCUT2D eigenvalue weighted by molar-refractivity contribution is 5.86. The minimum atomic E-state index is -4.66. The zero-order chi connectivity index (χ0) is 16.8. The van der Waals surface area contributed by atoms with E-state index in [-0.39, 0.29) is 6.10 Å². The molecule has 0 aromatic heterocycles. The van der Waals surface area contributed by atoms with Crippen molar-refractivity contribution in [1.29, 1.82) is 0 Å². The van der Waals surface area contributed by atoms with Crippen LogP contribution in [0.5, 0.6) is 0 Å². The molecule has 0 aromatic carbocycles. The monoisotopic (exact) mass is 325 g/mol. The van der Waals surface area contributed by atoms with Crippen LogP contribution in [0.25, 0.3) is 0 Å². The van der Waals surface area contributed by atoms with E-state index in [9.17, 15) is 22.8 Å². The number of carboxylic acids is 1. The Bertz CT molecular complexity index is 379. The molecule has 1 fully saturated rings. The maximum atomic E-state index is 12.3. The van der Waals surface area contributed by atoms with Crippen molar-refractivity contribution in [3.63, 3.8) is 0 Å². The summed E-state index contributed by atoms with van der Waals surface area (Å²) in [5.74, 6) is -2.55. The number of alkyl halides is 3. The average molecular weight is 325 g/mol. The smallest absolute Gasteiger partial charge is 0.391 e. The van der Waals surface area contributed by atoms with Crippen molar-refractivity contribution in [2.45, 2.75) is 76.3 Å². The predicted octanol–water partition coefficient (Wildman–Crippen LogP) is 2.64. The first-order valence-electron chi connectivity index (χ1n) is 7.44. The van der Waals surface area contributed by atoms with E-state index in [4.69, 9.17) is 9.84 Å². The normalized spacial score (nSPS) is 20.0. The molecule has 0 aromatic rings. The molecule has 8 heteroatoms. The third kappa shape index (κ3) is 7.11. The number of rotatable bonds is 6. The van der Waals surface area contributed by atoms with Crippen LogP contribution in [-0.2, 0) is 14.3 Å². The van der Waals surface area contributed by atoms with Gasteiger partial charge >= 0.3 is 12.1 Å². The molecule has 1 aliphatic rings. The molecule has 1 rings (SSSR count). The minimum Gasteiger partial charge on any atom is -0.480 e. The van der Waals surface area contributed by atoms with E-state index < -0.39 is 36.6 Å². The third-order valence-corrected chi connectivity index (χ3v) is 3.62. The van der Waals surface area contributed by atoms with Gasteiger partial charge in [0.1, 0.15) is 12.1 Å². The van der Waals surface area contributed by atoms with Gasteiger partial charge in [-0.1, -0.05) is 25.7 Å². The third-order valence-electron chi connectivity index (χ3n) is 3.62. The molecule has 5 nitrogen and oxygen atoms in total. The lowest BCUT2D eigenvalue weighted by molar-refractivity contribution is -0.161. The van der Waals surface area contributed by atoms with Gasteiger partial charge in [-0.15, -0.1) is 0 Å². The summed E-state index contributed by atoms with van der Waals surface area (Å²) in [6, 6.07) is -1.99. The molecule has 0 bridgehead atoms. The van der Waals surface area contributed by atoms with Crippen molar-refractivity contribution in [2.75, 3.05) is 0 Å². The second-order valence-corrected chi connectivity index (χ2v) is 5.61. The van der Waals surface area contributed by atoms with Crippen LogP contribution in [0, 0.1) is 0 Å². The highest BCUT2D eigenvalue weighted by Gasteiger charge is 2.37. The van der Waals surface area contributed by atoms with Gasteiger partial charge in [-0.2, -0.15) is 13.2 Å². The summed E-state index contributed by atoms with van der Waals surface area (Å²) in [5, 5.41) is 10.7. The molecule has 0 saturated heterocycles. The van der Waals surface area contributed by atoms with Crippen molar-refractivity contribution < 1.29 is 32.6 Å². The molecular formula is C14H22F3NO4. The van der Waals surface area contributed by atoms with E-state index >= 15 is 0 Å². The molecule has 128 valence electrons. The zero-order valence-corrected chi connectivity index (χ0v) is 12.5. The number of hydrogen-bond acceptors (Lipinski definition) is 3. The fraction of sp³-hybridized carbons (Fsp3) is 0.857. The SMILES string of the molecule is CC(OC1CCCCCC1)C(=O)NC(CC(F)(F)F)C(=O)O. The number of carboxylic acid groups (broad SMARTS) is 1. The van der Waals surface area contributed by atoms with Crippen LogP contribution in [0.4, 0.5) is 13.2 Å². The summed E-state index contributed by atoms with van der Waals surface area (Å²) in [6.45, 7) is 1.42. The number of carbonyl (C=O) groups excluding carboxylic acids is 1. The second-order valence-electron chi connectivity index (χ2n) is 5.61. The molecule has 1 saturated carbocycles. The van der Waals surface area contributed by atoms with E-state index in [2.05, 4.69) is 0 Å². The highest BCUT2D eigenvalue weighted by atomic mass is 19.4. The molecule has 1 amide bonds. The van der Waals surface area contributed by atoms with Gasteiger partial charge in [-0.25, -0.2) is 4.79 Å². The Morgan fingerprint density at radius 2 is 1.77 bits per heavy atom. The van der Waals surface area contributed by atoms with Crippen molar-refractivity contribution >= 4 is 11.9 Å². The Kier molecular flexibility index (Phi) is 7.12. The first-order valence-corrected chi connectivity index (χ1v) is 7.44. The van der Waals surface area contributed by atoms with Crippen LogP contribution in [0.3, 0.4) is 0 Å². The van der Waals surface area contributed by atoms with Gasteiger partial charge in [-0.3, -0.25) is 4.79 Å². The maximum absolute atomic E-state index is 12.3. The summed E-state index contributed by atoms with van der Waals surface area (Å²) < 4.78 is 42.4. The fourth-order valence-corrected chi connectivity index (χ4v) is 2.45. The van der Waals surface area contributed by atoms with E-state index in [1.807, 2.05) is 5.32 Å². The summed E-state index contributed by atoms with van der Waals surface area (Å²) in [4.78, 5) is 22.7. The summed E-state index contributed by atoms with van der Waals surface area (Å²) in [5.41, 5.74) is 0. The standard InChI is InChI=1S/C14H22F3NO4/c1-9(22-10-6-4-2-3-5-7-10)12(19)18-11(13(20)21)8-14(15,16)17/h9-11H,2-8H2,1H3,(H,18,19)(H,20,21). The molecule has 1 aliphatic carbocycles. The molecule has 22 heavy (non-hydrogen) atoms. The van der Waals surface area contributed by atoms with Crippen molar-refractivity contribution in [3.05, 3.63) is 0 Å². The Morgan fingerprint density at radius 1 is 1.23 bits per heavy atom. The minimum absolute atomic E-state index is 0.103. The number of nitrogens with one attached hydrogen (secondary N) is 1. The van der Waals surface area contributed by atoms with Crippen molar-refractivity contribution in [2.24, 2.45) is 0 Å². The van der Waals surface area contributed by atoms with Crippen molar-refractivity contribution in [1.82, 2.24) is 5.32 Å². The summed E-state index contributed by atoms with van der Waals surface area (Å²) in [6.07, 6.45) is -1.54. The lowest BCUT2D eigenvalue weighted by atomic mass is 10.1. The second kappa shape index (κ2) is 8.36. The molecule has 2 N–H and O–H groups in total. The summed E-state index contributed by atoms with van der Waals surface area (Å²) in [7, 11) is 0. The van der Waals surface area contributed by atoms with Crippen LogP contribution in [0.1, 0.15) is 51.9 Å². The number of aliphatic carboxylic acids is 1. The Labute approximate surface area is 127 Å². The number of ether oxygens (including phenoxy) is 1. The molecule has 0 radical (unpaired) electrons. The predicted molar refractivity (Wildman–Crippen MR) is 72.3 cm³/mol. The maximum Gasteiger partial charge on any atom is 0.391 e. The molecule has 0 heterocycles. The van der Waals surface area contributed by atoms with Gasteiger partial charge < -0.3 is 15.2 Å². The van der Waals surface area contributed by atoms with Crippen LogP contribution < -0.4 is 5.32 Å². The number of amides is 1. The van der Waals surface area contributed by atoms with Gasteiger partial charge in [-0.05, 0) is 19.8 Å². The van der Waals surface area contributed by atoms with Gasteiger partial charge in [0, 0.05) is 0 Å². The Morgan fingerprint density at radius 3 is 2.23 bits per heavy atom. The first-order chi connectivity index (χ1) is 10.2. The lowest BCUT2D eigenvalue weighted by Crippen LogP contribution is -2.48. The molecule has 2 atom stereocenters. The largest absolute Gasteiger partial charge is 0.480 e. The lowest BCUT2D eigenvalue weighted by Gasteiger charge is -2.23. The highest BCUT2D eigenvalue weighted by Crippen LogP contribution is 2.23. The Hall–Kier alpha value is -1.31. The summed E-state index contributed by atoms with van der Waals surface area (Å²) >= 11 is 0. The van der Waals surface area contributed by atoms with E-state index in [0.717, 1.165) is 38.5 Å². The fourth-order valence-electron chi connectivity index (χ4n) is 2.45. The van der Waals surface area contributed by atoms with E-state index in [1.165, 1.54) is 6.92 Å². The number of hydrogen-bond donors (Lipinski definition) is 2. The van der Waals surface area contributed by atoms with Crippen molar-refractivity contribution in [3.8, 4) is 0 Å². The van der Waals surface area contributed by atoms with Gasteiger partial charge in [0.15, 0.2) is 0 Å². The Balaban J connectivity index is 2.51. The van der Waals surface area contributed by atoms with Gasteiger partial charge in [0.2, 0.25) is 5.91 Å². The molecule has 0 aliphatic heterocycles. The van der Waals surface area contributed by atoms with E-state index in [0.29, 0.717) is 0 Å². The average Bonchev–Trinajstić information content (AvgIpc) is 2.64.